The van der Waals surface area contributed by atoms with Crippen LogP contribution in [0.5, 0.6) is 0 Å². The van der Waals surface area contributed by atoms with Crippen molar-refractivity contribution in [3.63, 3.8) is 0 Å². The first-order valence-electron chi connectivity index (χ1n) is 6.09. The molecular weight excluding hydrogens is 168 g/mol. The molecule has 0 radical (unpaired) electrons. The minimum atomic E-state index is 0.414. The summed E-state index contributed by atoms with van der Waals surface area (Å²) >= 11 is 0. The van der Waals surface area contributed by atoms with Crippen LogP contribution in [0.3, 0.4) is 0 Å². The lowest BCUT2D eigenvalue weighted by molar-refractivity contribution is 0.124. The van der Waals surface area contributed by atoms with Gasteiger partial charge in [-0.25, -0.2) is 0 Å². The summed E-state index contributed by atoms with van der Waals surface area (Å²) in [6, 6.07) is 0. The monoisotopic (exact) mass is 192 g/mol. The minimum Gasteiger partial charge on any atom is -0.0845 e. The van der Waals surface area contributed by atoms with Crippen LogP contribution < -0.4 is 0 Å². The van der Waals surface area contributed by atoms with Gasteiger partial charge in [0.05, 0.1) is 0 Å². The number of hydrogen-bond donors (Lipinski definition) is 0. The zero-order chi connectivity index (χ0) is 10.6. The van der Waals surface area contributed by atoms with Gasteiger partial charge >= 0.3 is 0 Å². The molecule has 0 bridgehead atoms. The van der Waals surface area contributed by atoms with Gasteiger partial charge in [-0.05, 0) is 41.9 Å². The van der Waals surface area contributed by atoms with Crippen LogP contribution in [0.15, 0.2) is 11.6 Å². The molecule has 2 atom stereocenters. The third kappa shape index (κ3) is 1.06. The van der Waals surface area contributed by atoms with Crippen molar-refractivity contribution in [1.29, 1.82) is 0 Å². The Bertz CT molecular complexity index is 268. The lowest BCUT2D eigenvalue weighted by atomic mass is 9.66. The fourth-order valence-electron chi connectivity index (χ4n) is 3.58. The van der Waals surface area contributed by atoms with E-state index in [1.54, 1.807) is 5.57 Å². The first-order chi connectivity index (χ1) is 6.39. The summed E-state index contributed by atoms with van der Waals surface area (Å²) in [6.45, 7) is 12.3. The van der Waals surface area contributed by atoms with Crippen LogP contribution in [0.2, 0.25) is 0 Å². The van der Waals surface area contributed by atoms with E-state index in [0.717, 1.165) is 11.8 Å². The van der Waals surface area contributed by atoms with Crippen LogP contribution in [0.4, 0.5) is 0 Å². The molecule has 0 aromatic rings. The highest BCUT2D eigenvalue weighted by atomic mass is 14.6. The zero-order valence-corrected chi connectivity index (χ0v) is 10.4. The Morgan fingerprint density at radius 3 is 2.43 bits per heavy atom. The lowest BCUT2D eigenvalue weighted by Crippen LogP contribution is -2.31. The van der Waals surface area contributed by atoms with Crippen LogP contribution in [-0.4, -0.2) is 0 Å². The Labute approximate surface area is 88.8 Å². The highest BCUT2D eigenvalue weighted by Crippen LogP contribution is 2.63. The third-order valence-electron chi connectivity index (χ3n) is 5.56. The maximum Gasteiger partial charge on any atom is -0.00879 e. The summed E-state index contributed by atoms with van der Waals surface area (Å²) in [5.74, 6) is 1.73. The van der Waals surface area contributed by atoms with Crippen LogP contribution in [0, 0.1) is 22.7 Å². The van der Waals surface area contributed by atoms with E-state index in [1.165, 1.54) is 19.3 Å². The largest absolute Gasteiger partial charge is 0.0845 e. The average Bonchev–Trinajstić information content (AvgIpc) is 2.27. The molecule has 2 rings (SSSR count). The summed E-state index contributed by atoms with van der Waals surface area (Å²) in [7, 11) is 0. The lowest BCUT2D eigenvalue weighted by Gasteiger charge is -2.38. The molecule has 2 aliphatic rings. The molecule has 0 amide bonds. The Morgan fingerprint density at radius 1 is 1.21 bits per heavy atom. The van der Waals surface area contributed by atoms with E-state index in [4.69, 9.17) is 0 Å². The molecule has 0 heteroatoms. The fraction of sp³-hybridized carbons (Fsp3) is 0.857. The smallest absolute Gasteiger partial charge is 0.00879 e. The van der Waals surface area contributed by atoms with Crippen LogP contribution in [-0.2, 0) is 0 Å². The Hall–Kier alpha value is -0.260. The van der Waals surface area contributed by atoms with Crippen molar-refractivity contribution in [2.45, 2.75) is 53.9 Å². The van der Waals surface area contributed by atoms with Gasteiger partial charge in [0.25, 0.3) is 0 Å². The van der Waals surface area contributed by atoms with Gasteiger partial charge in [0.15, 0.2) is 0 Å². The van der Waals surface area contributed by atoms with Crippen molar-refractivity contribution in [2.24, 2.45) is 22.7 Å². The molecule has 0 aromatic heterocycles. The SMILES string of the molecule is CC1C2CCCC=C2C(C)(C)C1(C)C. The second-order valence-electron chi connectivity index (χ2n) is 6.33. The number of fused-ring (bicyclic) bond motifs is 1. The summed E-state index contributed by atoms with van der Waals surface area (Å²) in [5.41, 5.74) is 2.65. The molecular formula is C14H24. The van der Waals surface area contributed by atoms with Crippen molar-refractivity contribution in [2.75, 3.05) is 0 Å². The van der Waals surface area contributed by atoms with Gasteiger partial charge in [0.2, 0.25) is 0 Å². The molecule has 1 saturated carbocycles. The molecule has 0 N–H and O–H groups in total. The molecule has 0 spiro atoms. The molecule has 0 saturated heterocycles. The van der Waals surface area contributed by atoms with Gasteiger partial charge in [-0.1, -0.05) is 46.3 Å². The summed E-state index contributed by atoms with van der Waals surface area (Å²) in [4.78, 5) is 0. The zero-order valence-electron chi connectivity index (χ0n) is 10.4. The molecule has 2 aliphatic carbocycles. The van der Waals surface area contributed by atoms with E-state index < -0.39 is 0 Å². The fourth-order valence-corrected chi connectivity index (χ4v) is 3.58. The molecule has 1 fully saturated rings. The quantitative estimate of drug-likeness (QED) is 0.499. The van der Waals surface area contributed by atoms with E-state index in [-0.39, 0.29) is 0 Å². The Kier molecular flexibility index (Phi) is 2.10. The van der Waals surface area contributed by atoms with Crippen LogP contribution in [0.25, 0.3) is 0 Å². The topological polar surface area (TPSA) is 0 Å². The number of rotatable bonds is 0. The average molecular weight is 192 g/mol. The predicted octanol–water partition coefficient (Wildman–Crippen LogP) is 4.42. The van der Waals surface area contributed by atoms with Gasteiger partial charge in [-0.2, -0.15) is 0 Å². The number of hydrogen-bond acceptors (Lipinski definition) is 0. The van der Waals surface area contributed by atoms with Crippen molar-refractivity contribution in [3.05, 3.63) is 11.6 Å². The summed E-state index contributed by atoms with van der Waals surface area (Å²) in [6.07, 6.45) is 6.70. The van der Waals surface area contributed by atoms with Crippen molar-refractivity contribution in [1.82, 2.24) is 0 Å². The summed E-state index contributed by atoms with van der Waals surface area (Å²) in [5, 5.41) is 0. The molecule has 0 heterocycles. The summed E-state index contributed by atoms with van der Waals surface area (Å²) < 4.78 is 0. The van der Waals surface area contributed by atoms with Gasteiger partial charge in [-0.15, -0.1) is 0 Å². The standard InChI is InChI=1S/C14H24/c1-10-11-8-6-7-9-12(11)14(4,5)13(10,2)3/h9-11H,6-8H2,1-5H3. The van der Waals surface area contributed by atoms with E-state index in [2.05, 4.69) is 40.7 Å². The Morgan fingerprint density at radius 2 is 1.86 bits per heavy atom. The van der Waals surface area contributed by atoms with Crippen molar-refractivity contribution >= 4 is 0 Å². The number of allylic oxidation sites excluding steroid dienone is 2. The van der Waals surface area contributed by atoms with Gasteiger partial charge in [0, 0.05) is 0 Å². The van der Waals surface area contributed by atoms with Gasteiger partial charge < -0.3 is 0 Å². The van der Waals surface area contributed by atoms with Crippen LogP contribution in [0.1, 0.15) is 53.9 Å². The highest BCUT2D eigenvalue weighted by molar-refractivity contribution is 5.28. The predicted molar refractivity (Wildman–Crippen MR) is 62.2 cm³/mol. The second-order valence-corrected chi connectivity index (χ2v) is 6.33. The van der Waals surface area contributed by atoms with Crippen molar-refractivity contribution < 1.29 is 0 Å². The van der Waals surface area contributed by atoms with E-state index in [0.29, 0.717) is 10.8 Å². The maximum atomic E-state index is 2.54. The van der Waals surface area contributed by atoms with E-state index in [9.17, 15) is 0 Å². The minimum absolute atomic E-state index is 0.414. The highest BCUT2D eigenvalue weighted by Gasteiger charge is 2.54. The second kappa shape index (κ2) is 2.87. The van der Waals surface area contributed by atoms with Gasteiger partial charge in [0.1, 0.15) is 0 Å². The van der Waals surface area contributed by atoms with Crippen LogP contribution >= 0.6 is 0 Å². The third-order valence-corrected chi connectivity index (χ3v) is 5.56. The van der Waals surface area contributed by atoms with Gasteiger partial charge in [-0.3, -0.25) is 0 Å². The van der Waals surface area contributed by atoms with E-state index in [1.807, 2.05) is 0 Å². The first-order valence-corrected chi connectivity index (χ1v) is 6.09. The molecule has 0 nitrogen and oxygen atoms in total. The molecule has 14 heavy (non-hydrogen) atoms. The first kappa shape index (κ1) is 10.3. The molecule has 0 aromatic carbocycles. The molecule has 2 unspecified atom stereocenters. The normalized spacial score (nSPS) is 39.1. The Balaban J connectivity index is 2.47. The molecule has 0 aliphatic heterocycles. The molecule has 80 valence electrons. The van der Waals surface area contributed by atoms with Crippen molar-refractivity contribution in [3.8, 4) is 0 Å². The maximum absolute atomic E-state index is 2.54. The van der Waals surface area contributed by atoms with E-state index >= 15 is 0 Å².